The van der Waals surface area contributed by atoms with E-state index in [0.717, 1.165) is 17.7 Å². The van der Waals surface area contributed by atoms with Crippen LogP contribution in [0.1, 0.15) is 22.9 Å². The van der Waals surface area contributed by atoms with E-state index in [1.165, 1.54) is 5.56 Å². The Morgan fingerprint density at radius 2 is 2.00 bits per heavy atom. The van der Waals surface area contributed by atoms with Gasteiger partial charge in [-0.05, 0) is 55.8 Å². The predicted molar refractivity (Wildman–Crippen MR) is 73.1 cm³/mol. The fourth-order valence-electron chi connectivity index (χ4n) is 1.96. The monoisotopic (exact) mass is 242 g/mol. The number of likely N-dealkylation sites (N-methyl/N-ethyl adjacent to an activating group) is 1. The van der Waals surface area contributed by atoms with E-state index < -0.39 is 0 Å². The highest BCUT2D eigenvalue weighted by Crippen LogP contribution is 2.17. The Balaban J connectivity index is 2.19. The highest BCUT2D eigenvalue weighted by molar-refractivity contribution is 5.33. The van der Waals surface area contributed by atoms with Crippen molar-refractivity contribution in [2.75, 3.05) is 12.8 Å². The average Bonchev–Trinajstić information content (AvgIpc) is 2.36. The van der Waals surface area contributed by atoms with Crippen LogP contribution in [-0.2, 0) is 6.42 Å². The number of nitrogens with two attached hydrogens (primary N) is 1. The fourth-order valence-corrected chi connectivity index (χ4v) is 1.96. The van der Waals surface area contributed by atoms with Crippen molar-refractivity contribution in [3.8, 4) is 0 Å². The van der Waals surface area contributed by atoms with E-state index in [0.29, 0.717) is 5.82 Å². The first-order chi connectivity index (χ1) is 8.69. The molecule has 0 spiro atoms. The third kappa shape index (κ3) is 3.05. The number of hydrogen-bond acceptors (Lipinski definition) is 4. The van der Waals surface area contributed by atoms with E-state index in [2.05, 4.69) is 28.3 Å². The van der Waals surface area contributed by atoms with Crippen molar-refractivity contribution in [1.82, 2.24) is 15.3 Å². The summed E-state index contributed by atoms with van der Waals surface area (Å²) >= 11 is 0. The highest BCUT2D eigenvalue weighted by Gasteiger charge is 2.11. The first-order valence-electron chi connectivity index (χ1n) is 5.99. The molecule has 0 amide bonds. The summed E-state index contributed by atoms with van der Waals surface area (Å²) in [6, 6.07) is 8.18. The molecule has 4 nitrogen and oxygen atoms in total. The molecule has 94 valence electrons. The van der Waals surface area contributed by atoms with Crippen molar-refractivity contribution in [2.24, 2.45) is 0 Å². The number of nitrogen functional groups attached to an aromatic ring is 1. The van der Waals surface area contributed by atoms with Crippen LogP contribution in [0.3, 0.4) is 0 Å². The number of aromatic nitrogens is 2. The number of nitrogens with one attached hydrogen (secondary N) is 1. The molecule has 1 unspecified atom stereocenters. The summed E-state index contributed by atoms with van der Waals surface area (Å²) in [5, 5.41) is 3.29. The molecule has 2 aromatic heterocycles. The van der Waals surface area contributed by atoms with Crippen LogP contribution in [0.4, 0.5) is 5.82 Å². The maximum Gasteiger partial charge on any atom is 0.123 e. The molecule has 2 rings (SSSR count). The summed E-state index contributed by atoms with van der Waals surface area (Å²) in [5.41, 5.74) is 9.12. The molecule has 0 fully saturated rings. The minimum Gasteiger partial charge on any atom is -0.384 e. The van der Waals surface area contributed by atoms with Gasteiger partial charge in [-0.15, -0.1) is 0 Å². The molecule has 18 heavy (non-hydrogen) atoms. The van der Waals surface area contributed by atoms with E-state index in [1.54, 1.807) is 6.20 Å². The first-order valence-corrected chi connectivity index (χ1v) is 5.99. The number of anilines is 1. The van der Waals surface area contributed by atoms with Crippen LogP contribution >= 0.6 is 0 Å². The molecule has 0 bridgehead atoms. The standard InChI is InChI=1S/C14H18N4/c1-10-3-5-17-13(7-10)12(16-2)8-11-4-6-18-14(15)9-11/h3-7,9,12,16H,8H2,1-2H3,(H2,15,18). The summed E-state index contributed by atoms with van der Waals surface area (Å²) < 4.78 is 0. The molecule has 4 heteroatoms. The van der Waals surface area contributed by atoms with Crippen LogP contribution < -0.4 is 11.1 Å². The van der Waals surface area contributed by atoms with Crippen LogP contribution in [0.25, 0.3) is 0 Å². The molecule has 0 radical (unpaired) electrons. The van der Waals surface area contributed by atoms with Gasteiger partial charge in [0, 0.05) is 12.4 Å². The lowest BCUT2D eigenvalue weighted by molar-refractivity contribution is 0.575. The molecular formula is C14H18N4. The van der Waals surface area contributed by atoms with Gasteiger partial charge < -0.3 is 11.1 Å². The quantitative estimate of drug-likeness (QED) is 0.859. The highest BCUT2D eigenvalue weighted by atomic mass is 14.9. The molecule has 2 heterocycles. The first kappa shape index (κ1) is 12.5. The van der Waals surface area contributed by atoms with Gasteiger partial charge in [0.25, 0.3) is 0 Å². The normalized spacial score (nSPS) is 12.3. The summed E-state index contributed by atoms with van der Waals surface area (Å²) in [4.78, 5) is 8.42. The van der Waals surface area contributed by atoms with Gasteiger partial charge in [0.1, 0.15) is 5.82 Å². The van der Waals surface area contributed by atoms with Gasteiger partial charge >= 0.3 is 0 Å². The second kappa shape index (κ2) is 5.60. The van der Waals surface area contributed by atoms with Crippen LogP contribution in [-0.4, -0.2) is 17.0 Å². The molecular weight excluding hydrogens is 224 g/mol. The van der Waals surface area contributed by atoms with Crippen molar-refractivity contribution in [3.05, 3.63) is 53.5 Å². The lowest BCUT2D eigenvalue weighted by atomic mass is 10.0. The zero-order valence-electron chi connectivity index (χ0n) is 10.7. The SMILES string of the molecule is CNC(Cc1ccnc(N)c1)c1cc(C)ccn1. The van der Waals surface area contributed by atoms with Gasteiger partial charge in [-0.2, -0.15) is 0 Å². The number of nitrogens with zero attached hydrogens (tertiary/aromatic N) is 2. The summed E-state index contributed by atoms with van der Waals surface area (Å²) in [6.45, 7) is 2.07. The van der Waals surface area contributed by atoms with E-state index in [1.807, 2.05) is 31.4 Å². The third-order valence-electron chi connectivity index (χ3n) is 2.93. The van der Waals surface area contributed by atoms with Crippen LogP contribution in [0.5, 0.6) is 0 Å². The van der Waals surface area contributed by atoms with E-state index in [-0.39, 0.29) is 6.04 Å². The van der Waals surface area contributed by atoms with Gasteiger partial charge in [0.2, 0.25) is 0 Å². The van der Waals surface area contributed by atoms with Crippen molar-refractivity contribution >= 4 is 5.82 Å². The predicted octanol–water partition coefficient (Wildman–Crippen LogP) is 1.87. The number of hydrogen-bond donors (Lipinski definition) is 2. The minimum atomic E-state index is 0.187. The fraction of sp³-hybridized carbons (Fsp3) is 0.286. The zero-order chi connectivity index (χ0) is 13.0. The van der Waals surface area contributed by atoms with E-state index in [4.69, 9.17) is 5.73 Å². The van der Waals surface area contributed by atoms with Crippen LogP contribution in [0, 0.1) is 6.92 Å². The van der Waals surface area contributed by atoms with Crippen LogP contribution in [0.2, 0.25) is 0 Å². The Morgan fingerprint density at radius 1 is 1.22 bits per heavy atom. The number of rotatable bonds is 4. The molecule has 0 saturated carbocycles. The van der Waals surface area contributed by atoms with Crippen LogP contribution in [0.15, 0.2) is 36.7 Å². The molecule has 0 aromatic carbocycles. The zero-order valence-corrected chi connectivity index (χ0v) is 10.7. The van der Waals surface area contributed by atoms with Gasteiger partial charge in [0.05, 0.1) is 11.7 Å². The second-order valence-electron chi connectivity index (χ2n) is 4.39. The number of pyridine rings is 2. The summed E-state index contributed by atoms with van der Waals surface area (Å²) in [5.74, 6) is 0.555. The number of aryl methyl sites for hydroxylation is 1. The summed E-state index contributed by atoms with van der Waals surface area (Å²) in [7, 11) is 1.94. The van der Waals surface area contributed by atoms with Crippen molar-refractivity contribution in [2.45, 2.75) is 19.4 Å². The lowest BCUT2D eigenvalue weighted by Crippen LogP contribution is -2.20. The second-order valence-corrected chi connectivity index (χ2v) is 4.39. The Morgan fingerprint density at radius 3 is 2.67 bits per heavy atom. The third-order valence-corrected chi connectivity index (χ3v) is 2.93. The largest absolute Gasteiger partial charge is 0.384 e. The van der Waals surface area contributed by atoms with Gasteiger partial charge in [-0.3, -0.25) is 4.98 Å². The Hall–Kier alpha value is -1.94. The molecule has 2 aromatic rings. The maximum absolute atomic E-state index is 5.69. The molecule has 0 aliphatic rings. The van der Waals surface area contributed by atoms with Gasteiger partial charge in [-0.1, -0.05) is 0 Å². The minimum absolute atomic E-state index is 0.187. The smallest absolute Gasteiger partial charge is 0.123 e. The average molecular weight is 242 g/mol. The van der Waals surface area contributed by atoms with Crippen molar-refractivity contribution in [3.63, 3.8) is 0 Å². The molecule has 0 saturated heterocycles. The summed E-state index contributed by atoms with van der Waals surface area (Å²) in [6.07, 6.45) is 4.43. The Labute approximate surface area is 107 Å². The topological polar surface area (TPSA) is 63.8 Å². The van der Waals surface area contributed by atoms with E-state index in [9.17, 15) is 0 Å². The Kier molecular flexibility index (Phi) is 3.89. The maximum atomic E-state index is 5.69. The molecule has 3 N–H and O–H groups in total. The molecule has 0 aliphatic carbocycles. The Bertz CT molecular complexity index is 525. The van der Waals surface area contributed by atoms with Crippen molar-refractivity contribution < 1.29 is 0 Å². The van der Waals surface area contributed by atoms with Gasteiger partial charge in [-0.25, -0.2) is 4.98 Å². The van der Waals surface area contributed by atoms with Gasteiger partial charge in [0.15, 0.2) is 0 Å². The van der Waals surface area contributed by atoms with E-state index >= 15 is 0 Å². The molecule has 1 atom stereocenters. The lowest BCUT2D eigenvalue weighted by Gasteiger charge is -2.16. The molecule has 0 aliphatic heterocycles. The van der Waals surface area contributed by atoms with Crippen molar-refractivity contribution in [1.29, 1.82) is 0 Å².